The SMILES string of the molecule is CC(C)COC(=O)CCCS(=O)[O-]. The van der Waals surface area contributed by atoms with E-state index in [9.17, 15) is 13.6 Å². The van der Waals surface area contributed by atoms with E-state index in [0.29, 0.717) is 18.9 Å². The molecular weight excluding hydrogens is 192 g/mol. The number of carbonyl (C=O) groups excluding carboxylic acids is 1. The maximum Gasteiger partial charge on any atom is 0.305 e. The van der Waals surface area contributed by atoms with Gasteiger partial charge in [-0.1, -0.05) is 24.9 Å². The Morgan fingerprint density at radius 1 is 1.54 bits per heavy atom. The van der Waals surface area contributed by atoms with Gasteiger partial charge in [0.25, 0.3) is 0 Å². The number of hydrogen-bond acceptors (Lipinski definition) is 4. The van der Waals surface area contributed by atoms with Crippen LogP contribution in [0, 0.1) is 5.92 Å². The monoisotopic (exact) mass is 207 g/mol. The van der Waals surface area contributed by atoms with Gasteiger partial charge in [-0.25, -0.2) is 0 Å². The molecule has 0 bridgehead atoms. The predicted molar refractivity (Wildman–Crippen MR) is 48.8 cm³/mol. The zero-order valence-electron chi connectivity index (χ0n) is 7.95. The average Bonchev–Trinajstić information content (AvgIpc) is 2.00. The van der Waals surface area contributed by atoms with Crippen LogP contribution in [0.3, 0.4) is 0 Å². The number of hydrogen-bond donors (Lipinski definition) is 0. The van der Waals surface area contributed by atoms with Crippen molar-refractivity contribution in [1.82, 2.24) is 0 Å². The zero-order chi connectivity index (χ0) is 10.3. The Hall–Kier alpha value is -0.420. The van der Waals surface area contributed by atoms with Crippen molar-refractivity contribution in [3.05, 3.63) is 0 Å². The number of carbonyl (C=O) groups is 1. The van der Waals surface area contributed by atoms with Gasteiger partial charge >= 0.3 is 5.97 Å². The summed E-state index contributed by atoms with van der Waals surface area (Å²) >= 11 is -2.05. The van der Waals surface area contributed by atoms with Crippen LogP contribution in [-0.2, 0) is 20.6 Å². The third kappa shape index (κ3) is 9.49. The highest BCUT2D eigenvalue weighted by atomic mass is 32.2. The third-order valence-electron chi connectivity index (χ3n) is 1.27. The van der Waals surface area contributed by atoms with Gasteiger partial charge in [-0.2, -0.15) is 0 Å². The Bertz CT molecular complexity index is 179. The minimum atomic E-state index is -2.05. The minimum Gasteiger partial charge on any atom is -0.772 e. The van der Waals surface area contributed by atoms with Crippen molar-refractivity contribution < 1.29 is 18.3 Å². The number of esters is 1. The summed E-state index contributed by atoms with van der Waals surface area (Å²) in [6, 6.07) is 0. The van der Waals surface area contributed by atoms with Gasteiger partial charge in [0.05, 0.1) is 6.61 Å². The molecule has 0 aliphatic rings. The van der Waals surface area contributed by atoms with Crippen molar-refractivity contribution in [1.29, 1.82) is 0 Å². The lowest BCUT2D eigenvalue weighted by molar-refractivity contribution is -0.144. The van der Waals surface area contributed by atoms with E-state index in [-0.39, 0.29) is 18.1 Å². The molecule has 1 unspecified atom stereocenters. The summed E-state index contributed by atoms with van der Waals surface area (Å²) in [4.78, 5) is 10.9. The molecule has 0 radical (unpaired) electrons. The highest BCUT2D eigenvalue weighted by molar-refractivity contribution is 7.79. The summed E-state index contributed by atoms with van der Waals surface area (Å²) in [5, 5.41) is 0. The summed E-state index contributed by atoms with van der Waals surface area (Å²) in [5.74, 6) is 0.0216. The summed E-state index contributed by atoms with van der Waals surface area (Å²) in [7, 11) is 0. The Morgan fingerprint density at radius 2 is 2.15 bits per heavy atom. The molecule has 0 aliphatic heterocycles. The zero-order valence-corrected chi connectivity index (χ0v) is 8.76. The number of rotatable bonds is 6. The van der Waals surface area contributed by atoms with Gasteiger partial charge in [0, 0.05) is 12.2 Å². The molecule has 0 aromatic rings. The largest absolute Gasteiger partial charge is 0.772 e. The van der Waals surface area contributed by atoms with E-state index in [1.165, 1.54) is 0 Å². The average molecular weight is 207 g/mol. The van der Waals surface area contributed by atoms with Gasteiger partial charge in [-0.15, -0.1) is 0 Å². The normalized spacial score (nSPS) is 12.9. The highest BCUT2D eigenvalue weighted by Crippen LogP contribution is 1.98. The van der Waals surface area contributed by atoms with Crippen LogP contribution in [0.5, 0.6) is 0 Å². The smallest absolute Gasteiger partial charge is 0.305 e. The van der Waals surface area contributed by atoms with E-state index >= 15 is 0 Å². The maximum absolute atomic E-state index is 10.9. The fraction of sp³-hybridized carbons (Fsp3) is 0.875. The van der Waals surface area contributed by atoms with Crippen LogP contribution in [-0.4, -0.2) is 27.1 Å². The van der Waals surface area contributed by atoms with Crippen molar-refractivity contribution in [2.45, 2.75) is 26.7 Å². The second kappa shape index (κ2) is 7.03. The summed E-state index contributed by atoms with van der Waals surface area (Å²) in [6.07, 6.45) is 0.522. The van der Waals surface area contributed by atoms with E-state index in [1.807, 2.05) is 13.8 Å². The molecule has 5 heteroatoms. The van der Waals surface area contributed by atoms with E-state index in [2.05, 4.69) is 0 Å². The Kier molecular flexibility index (Phi) is 6.80. The van der Waals surface area contributed by atoms with Crippen molar-refractivity contribution >= 4 is 17.0 Å². The molecule has 1 atom stereocenters. The van der Waals surface area contributed by atoms with Gasteiger partial charge in [-0.05, 0) is 12.3 Å². The van der Waals surface area contributed by atoms with Crippen LogP contribution in [0.4, 0.5) is 0 Å². The molecule has 0 aromatic carbocycles. The first-order chi connectivity index (χ1) is 6.02. The maximum atomic E-state index is 10.9. The molecule has 0 saturated carbocycles. The van der Waals surface area contributed by atoms with Crippen LogP contribution < -0.4 is 0 Å². The second-order valence-electron chi connectivity index (χ2n) is 3.19. The topological polar surface area (TPSA) is 66.4 Å². The minimum absolute atomic E-state index is 0.0246. The van der Waals surface area contributed by atoms with E-state index in [1.54, 1.807) is 0 Å². The van der Waals surface area contributed by atoms with Crippen molar-refractivity contribution in [3.8, 4) is 0 Å². The van der Waals surface area contributed by atoms with Crippen LogP contribution in [0.1, 0.15) is 26.7 Å². The Balaban J connectivity index is 3.35. The number of ether oxygens (including phenoxy) is 1. The van der Waals surface area contributed by atoms with E-state index < -0.39 is 11.1 Å². The summed E-state index contributed by atoms with van der Waals surface area (Å²) in [5.41, 5.74) is 0. The summed E-state index contributed by atoms with van der Waals surface area (Å²) < 4.78 is 25.0. The lowest BCUT2D eigenvalue weighted by atomic mass is 10.2. The molecule has 0 rings (SSSR count). The Labute approximate surface area is 80.9 Å². The summed E-state index contributed by atoms with van der Waals surface area (Å²) in [6.45, 7) is 4.29. The molecule has 0 N–H and O–H groups in total. The third-order valence-corrected chi connectivity index (χ3v) is 1.89. The van der Waals surface area contributed by atoms with Gasteiger partial charge in [-0.3, -0.25) is 9.00 Å². The molecule has 0 amide bonds. The molecule has 78 valence electrons. The van der Waals surface area contributed by atoms with Crippen LogP contribution >= 0.6 is 0 Å². The van der Waals surface area contributed by atoms with Crippen molar-refractivity contribution in [2.24, 2.45) is 5.92 Å². The van der Waals surface area contributed by atoms with Gasteiger partial charge in [0.1, 0.15) is 0 Å². The van der Waals surface area contributed by atoms with Gasteiger partial charge in [0.2, 0.25) is 0 Å². The van der Waals surface area contributed by atoms with Crippen LogP contribution in [0.25, 0.3) is 0 Å². The van der Waals surface area contributed by atoms with Crippen molar-refractivity contribution in [2.75, 3.05) is 12.4 Å². The fourth-order valence-electron chi connectivity index (χ4n) is 0.666. The molecule has 0 aromatic heterocycles. The first kappa shape index (κ1) is 12.6. The highest BCUT2D eigenvalue weighted by Gasteiger charge is 2.03. The van der Waals surface area contributed by atoms with E-state index in [0.717, 1.165) is 0 Å². The van der Waals surface area contributed by atoms with Gasteiger partial charge in [0.15, 0.2) is 0 Å². The lowest BCUT2D eigenvalue weighted by Gasteiger charge is -2.07. The van der Waals surface area contributed by atoms with Gasteiger partial charge < -0.3 is 9.29 Å². The van der Waals surface area contributed by atoms with Crippen LogP contribution in [0.2, 0.25) is 0 Å². The molecule has 0 spiro atoms. The van der Waals surface area contributed by atoms with Crippen molar-refractivity contribution in [3.63, 3.8) is 0 Å². The Morgan fingerprint density at radius 3 is 2.62 bits per heavy atom. The molecular formula is C8H15O4S-. The fourth-order valence-corrected chi connectivity index (χ4v) is 1.05. The molecule has 0 fully saturated rings. The molecule has 4 nitrogen and oxygen atoms in total. The first-order valence-corrected chi connectivity index (χ1v) is 5.48. The molecule has 13 heavy (non-hydrogen) atoms. The molecule has 0 heterocycles. The standard InChI is InChI=1S/C8H16O4S/c1-7(2)6-12-8(9)4-3-5-13(10)11/h7H,3-6H2,1-2H3,(H,10,11)/p-1. The lowest BCUT2D eigenvalue weighted by Crippen LogP contribution is -2.10. The van der Waals surface area contributed by atoms with Crippen LogP contribution in [0.15, 0.2) is 0 Å². The first-order valence-electron chi connectivity index (χ1n) is 4.24. The molecule has 0 aliphatic carbocycles. The quantitative estimate of drug-likeness (QED) is 0.478. The van der Waals surface area contributed by atoms with E-state index in [4.69, 9.17) is 4.74 Å². The second-order valence-corrected chi connectivity index (χ2v) is 4.20. The predicted octanol–water partition coefficient (Wildman–Crippen LogP) is 0.845. The molecule has 0 saturated heterocycles.